The third-order valence-electron chi connectivity index (χ3n) is 2.74. The Kier molecular flexibility index (Phi) is 6.99. The maximum atomic E-state index is 12.1. The van der Waals surface area contributed by atoms with Crippen LogP contribution in [0.5, 0.6) is 0 Å². The van der Waals surface area contributed by atoms with Gasteiger partial charge in [0, 0.05) is 24.7 Å². The van der Waals surface area contributed by atoms with E-state index in [1.165, 1.54) is 4.90 Å². The van der Waals surface area contributed by atoms with Gasteiger partial charge < -0.3 is 15.3 Å². The van der Waals surface area contributed by atoms with E-state index in [1.807, 2.05) is 6.92 Å². The van der Waals surface area contributed by atoms with E-state index in [9.17, 15) is 9.59 Å². The summed E-state index contributed by atoms with van der Waals surface area (Å²) in [6.45, 7) is 2.41. The van der Waals surface area contributed by atoms with Crippen LogP contribution in [0.2, 0.25) is 0 Å². The van der Waals surface area contributed by atoms with Gasteiger partial charge in [-0.3, -0.25) is 9.59 Å². The highest BCUT2D eigenvalue weighted by molar-refractivity contribution is 5.96. The number of nitrogens with one attached hydrogen (secondary N) is 1. The van der Waals surface area contributed by atoms with E-state index in [-0.39, 0.29) is 25.0 Å². The Morgan fingerprint density at radius 3 is 2.52 bits per heavy atom. The second-order valence-corrected chi connectivity index (χ2v) is 4.55. The fraction of sp³-hybridized carbons (Fsp3) is 0.375. The zero-order chi connectivity index (χ0) is 15.7. The molecule has 0 saturated heterocycles. The van der Waals surface area contributed by atoms with Crippen molar-refractivity contribution in [2.45, 2.75) is 13.3 Å². The summed E-state index contributed by atoms with van der Waals surface area (Å²) in [6, 6.07) is 6.73. The number of aliphatic hydroxyl groups excluding tert-OH is 1. The van der Waals surface area contributed by atoms with Crippen LogP contribution in [0.3, 0.4) is 0 Å². The van der Waals surface area contributed by atoms with Crippen LogP contribution in [0.1, 0.15) is 29.3 Å². The molecular weight excluding hydrogens is 268 g/mol. The van der Waals surface area contributed by atoms with Gasteiger partial charge in [-0.25, -0.2) is 0 Å². The van der Waals surface area contributed by atoms with E-state index < -0.39 is 0 Å². The average molecular weight is 288 g/mol. The highest BCUT2D eigenvalue weighted by Gasteiger charge is 2.14. The second-order valence-electron chi connectivity index (χ2n) is 4.55. The largest absolute Gasteiger partial charge is 0.384 e. The van der Waals surface area contributed by atoms with Crippen molar-refractivity contribution >= 4 is 11.8 Å². The van der Waals surface area contributed by atoms with Gasteiger partial charge in [0.1, 0.15) is 6.61 Å². The number of hydrogen-bond donors (Lipinski definition) is 2. The Hall–Kier alpha value is -2.32. The van der Waals surface area contributed by atoms with Crippen molar-refractivity contribution < 1.29 is 14.7 Å². The van der Waals surface area contributed by atoms with Crippen LogP contribution in [0.15, 0.2) is 24.3 Å². The average Bonchev–Trinajstić information content (AvgIpc) is 2.50. The van der Waals surface area contributed by atoms with E-state index in [4.69, 9.17) is 5.11 Å². The number of nitrogens with zero attached hydrogens (tertiary/aromatic N) is 1. The number of hydrogen-bond acceptors (Lipinski definition) is 3. The van der Waals surface area contributed by atoms with Crippen LogP contribution < -0.4 is 5.32 Å². The van der Waals surface area contributed by atoms with Crippen molar-refractivity contribution in [3.8, 4) is 11.8 Å². The zero-order valence-electron chi connectivity index (χ0n) is 12.3. The minimum atomic E-state index is -0.219. The molecule has 21 heavy (non-hydrogen) atoms. The molecule has 1 aromatic rings. The SMILES string of the molecule is CCCNC(=O)CN(C)C(=O)c1ccc(C#CCO)cc1. The molecule has 0 saturated carbocycles. The third kappa shape index (κ3) is 5.67. The van der Waals surface area contributed by atoms with Gasteiger partial charge in [-0.05, 0) is 30.7 Å². The molecule has 0 bridgehead atoms. The summed E-state index contributed by atoms with van der Waals surface area (Å²) >= 11 is 0. The molecule has 0 aliphatic rings. The number of likely N-dealkylation sites (N-methyl/N-ethyl adjacent to an activating group) is 1. The quantitative estimate of drug-likeness (QED) is 0.781. The van der Waals surface area contributed by atoms with Gasteiger partial charge in [0.15, 0.2) is 0 Å². The summed E-state index contributed by atoms with van der Waals surface area (Å²) in [5.74, 6) is 4.91. The van der Waals surface area contributed by atoms with Gasteiger partial charge in [-0.2, -0.15) is 0 Å². The van der Waals surface area contributed by atoms with Gasteiger partial charge in [-0.1, -0.05) is 18.8 Å². The predicted molar refractivity (Wildman–Crippen MR) is 80.7 cm³/mol. The molecule has 2 amide bonds. The minimum absolute atomic E-state index is 0.0326. The number of benzene rings is 1. The summed E-state index contributed by atoms with van der Waals surface area (Å²) in [6.07, 6.45) is 0.861. The van der Waals surface area contributed by atoms with Gasteiger partial charge in [0.25, 0.3) is 5.91 Å². The standard InChI is InChI=1S/C16H20N2O3/c1-3-10-17-15(20)12-18(2)16(21)14-8-6-13(7-9-14)5-4-11-19/h6-9,19H,3,10-12H2,1-2H3,(H,17,20). The molecule has 1 rings (SSSR count). The summed E-state index contributed by atoms with van der Waals surface area (Å²) in [5, 5.41) is 11.3. The Morgan fingerprint density at radius 1 is 1.29 bits per heavy atom. The van der Waals surface area contributed by atoms with Crippen molar-refractivity contribution in [2.75, 3.05) is 26.7 Å². The van der Waals surface area contributed by atoms with Crippen molar-refractivity contribution in [3.05, 3.63) is 35.4 Å². The molecule has 0 unspecified atom stereocenters. The number of carbonyl (C=O) groups excluding carboxylic acids is 2. The lowest BCUT2D eigenvalue weighted by atomic mass is 10.1. The molecule has 0 aromatic heterocycles. The summed E-state index contributed by atoms with van der Waals surface area (Å²) < 4.78 is 0. The highest BCUT2D eigenvalue weighted by atomic mass is 16.2. The first-order chi connectivity index (χ1) is 10.1. The predicted octanol–water partition coefficient (Wildman–Crippen LogP) is 0.629. The van der Waals surface area contributed by atoms with Gasteiger partial charge >= 0.3 is 0 Å². The first kappa shape index (κ1) is 16.7. The van der Waals surface area contributed by atoms with Crippen molar-refractivity contribution in [2.24, 2.45) is 0 Å². The summed E-state index contributed by atoms with van der Waals surface area (Å²) in [7, 11) is 1.59. The van der Waals surface area contributed by atoms with Crippen LogP contribution >= 0.6 is 0 Å². The van der Waals surface area contributed by atoms with Crippen molar-refractivity contribution in [3.63, 3.8) is 0 Å². The molecular formula is C16H20N2O3. The molecule has 5 heteroatoms. The topological polar surface area (TPSA) is 69.6 Å². The fourth-order valence-electron chi connectivity index (χ4n) is 1.67. The molecule has 0 radical (unpaired) electrons. The molecule has 0 fully saturated rings. The molecule has 5 nitrogen and oxygen atoms in total. The third-order valence-corrected chi connectivity index (χ3v) is 2.74. The monoisotopic (exact) mass is 288 g/mol. The molecule has 0 heterocycles. The lowest BCUT2D eigenvalue weighted by Crippen LogP contribution is -2.38. The smallest absolute Gasteiger partial charge is 0.254 e. The summed E-state index contributed by atoms with van der Waals surface area (Å²) in [5.41, 5.74) is 1.22. The normalized spacial score (nSPS) is 9.48. The van der Waals surface area contributed by atoms with E-state index in [1.54, 1.807) is 31.3 Å². The second kappa shape index (κ2) is 8.77. The van der Waals surface area contributed by atoms with Gasteiger partial charge in [-0.15, -0.1) is 0 Å². The molecule has 112 valence electrons. The van der Waals surface area contributed by atoms with E-state index in [0.29, 0.717) is 12.1 Å². The maximum Gasteiger partial charge on any atom is 0.254 e. The highest BCUT2D eigenvalue weighted by Crippen LogP contribution is 2.06. The Morgan fingerprint density at radius 2 is 1.95 bits per heavy atom. The maximum absolute atomic E-state index is 12.1. The molecule has 0 aliphatic heterocycles. The first-order valence-corrected chi connectivity index (χ1v) is 6.80. The van der Waals surface area contributed by atoms with Crippen molar-refractivity contribution in [1.29, 1.82) is 0 Å². The first-order valence-electron chi connectivity index (χ1n) is 6.80. The molecule has 1 aromatic carbocycles. The minimum Gasteiger partial charge on any atom is -0.384 e. The zero-order valence-corrected chi connectivity index (χ0v) is 12.3. The van der Waals surface area contributed by atoms with Crippen LogP contribution in [-0.2, 0) is 4.79 Å². The van der Waals surface area contributed by atoms with E-state index in [0.717, 1.165) is 12.0 Å². The van der Waals surface area contributed by atoms with Gasteiger partial charge in [0.2, 0.25) is 5.91 Å². The number of rotatable bonds is 5. The van der Waals surface area contributed by atoms with E-state index >= 15 is 0 Å². The number of aliphatic hydroxyl groups is 1. The van der Waals surface area contributed by atoms with Gasteiger partial charge in [0.05, 0.1) is 6.54 Å². The molecule has 0 atom stereocenters. The van der Waals surface area contributed by atoms with E-state index in [2.05, 4.69) is 17.2 Å². The lowest BCUT2D eigenvalue weighted by Gasteiger charge is -2.16. The molecule has 0 aliphatic carbocycles. The number of carbonyl (C=O) groups is 2. The Labute approximate surface area is 125 Å². The fourth-order valence-corrected chi connectivity index (χ4v) is 1.67. The van der Waals surface area contributed by atoms with Crippen LogP contribution in [0.4, 0.5) is 0 Å². The van der Waals surface area contributed by atoms with Crippen LogP contribution in [-0.4, -0.2) is 48.6 Å². The summed E-state index contributed by atoms with van der Waals surface area (Å²) in [4.78, 5) is 25.1. The Balaban J connectivity index is 2.63. The number of amides is 2. The van der Waals surface area contributed by atoms with Crippen molar-refractivity contribution in [1.82, 2.24) is 10.2 Å². The Bertz CT molecular complexity index is 541. The molecule has 0 spiro atoms. The van der Waals surface area contributed by atoms with Crippen LogP contribution in [0, 0.1) is 11.8 Å². The molecule has 2 N–H and O–H groups in total. The lowest BCUT2D eigenvalue weighted by molar-refractivity contribution is -0.121. The van der Waals surface area contributed by atoms with Crippen LogP contribution in [0.25, 0.3) is 0 Å².